The second-order valence-electron chi connectivity index (χ2n) is 7.27. The summed E-state index contributed by atoms with van der Waals surface area (Å²) in [6, 6.07) is 8.06. The van der Waals surface area contributed by atoms with Crippen molar-refractivity contribution < 1.29 is 14.0 Å². The van der Waals surface area contributed by atoms with Gasteiger partial charge in [0.25, 0.3) is 0 Å². The number of nitrogens with zero attached hydrogens (tertiary/aromatic N) is 3. The number of amides is 2. The average Bonchev–Trinajstić information content (AvgIpc) is 2.72. The second-order valence-corrected chi connectivity index (χ2v) is 7.27. The van der Waals surface area contributed by atoms with Gasteiger partial charge in [0, 0.05) is 50.8 Å². The number of piperazine rings is 1. The summed E-state index contributed by atoms with van der Waals surface area (Å²) in [6.45, 7) is 5.50. The quantitative estimate of drug-likeness (QED) is 0.747. The number of benzene rings is 1. The third-order valence-corrected chi connectivity index (χ3v) is 5.14. The standard InChI is InChI=1S/C21H26FN5O2/c1-15-5-6-17(12-18(15)22)25-21(29)20(28)24-14-19(16-4-3-7-23-13-16)27-10-8-26(2)9-11-27/h3-7,12-13,19H,8-11,14H2,1-2H3,(H,24,28)(H,25,29)/t19-/m0/s1. The molecule has 1 aliphatic rings. The highest BCUT2D eigenvalue weighted by atomic mass is 19.1. The molecule has 1 aliphatic heterocycles. The summed E-state index contributed by atoms with van der Waals surface area (Å²) in [4.78, 5) is 33.2. The van der Waals surface area contributed by atoms with Crippen LogP contribution in [0.25, 0.3) is 0 Å². The fourth-order valence-corrected chi connectivity index (χ4v) is 3.29. The fourth-order valence-electron chi connectivity index (χ4n) is 3.29. The minimum absolute atomic E-state index is 0.0778. The van der Waals surface area contributed by atoms with E-state index < -0.39 is 17.6 Å². The number of likely N-dealkylation sites (N-methyl/N-ethyl adjacent to an activating group) is 1. The van der Waals surface area contributed by atoms with Crippen LogP contribution < -0.4 is 10.6 Å². The van der Waals surface area contributed by atoms with Gasteiger partial charge in [-0.15, -0.1) is 0 Å². The van der Waals surface area contributed by atoms with E-state index in [1.54, 1.807) is 31.5 Å². The molecule has 2 amide bonds. The number of pyridine rings is 1. The Labute approximate surface area is 169 Å². The summed E-state index contributed by atoms with van der Waals surface area (Å²) < 4.78 is 13.6. The number of nitrogens with one attached hydrogen (secondary N) is 2. The molecule has 154 valence electrons. The van der Waals surface area contributed by atoms with Gasteiger partial charge in [-0.3, -0.25) is 19.5 Å². The van der Waals surface area contributed by atoms with Crippen molar-refractivity contribution in [3.8, 4) is 0 Å². The Hall–Kier alpha value is -2.84. The van der Waals surface area contributed by atoms with Gasteiger partial charge in [-0.1, -0.05) is 12.1 Å². The number of hydrogen-bond acceptors (Lipinski definition) is 5. The van der Waals surface area contributed by atoms with Crippen LogP contribution in [0.15, 0.2) is 42.7 Å². The lowest BCUT2D eigenvalue weighted by molar-refractivity contribution is -0.136. The third kappa shape index (κ3) is 5.58. The predicted octanol–water partition coefficient (Wildman–Crippen LogP) is 1.57. The van der Waals surface area contributed by atoms with Crippen molar-refractivity contribution in [3.63, 3.8) is 0 Å². The maximum Gasteiger partial charge on any atom is 0.313 e. The molecule has 1 aromatic heterocycles. The van der Waals surface area contributed by atoms with E-state index >= 15 is 0 Å². The molecule has 0 aliphatic carbocycles. The second kappa shape index (κ2) is 9.58. The molecule has 29 heavy (non-hydrogen) atoms. The summed E-state index contributed by atoms with van der Waals surface area (Å²) in [6.07, 6.45) is 3.49. The van der Waals surface area contributed by atoms with E-state index in [2.05, 4.69) is 32.5 Å². The van der Waals surface area contributed by atoms with Crippen molar-refractivity contribution in [2.24, 2.45) is 0 Å². The van der Waals surface area contributed by atoms with Crippen LogP contribution in [0.4, 0.5) is 10.1 Å². The smallest absolute Gasteiger partial charge is 0.313 e. The van der Waals surface area contributed by atoms with Crippen LogP contribution >= 0.6 is 0 Å². The van der Waals surface area contributed by atoms with Crippen molar-refractivity contribution in [2.75, 3.05) is 45.1 Å². The minimum atomic E-state index is -0.823. The van der Waals surface area contributed by atoms with E-state index in [1.165, 1.54) is 6.07 Å². The molecule has 3 rings (SSSR count). The molecule has 2 N–H and O–H groups in total. The molecule has 1 aromatic carbocycles. The van der Waals surface area contributed by atoms with E-state index in [0.717, 1.165) is 31.7 Å². The van der Waals surface area contributed by atoms with Crippen LogP contribution in [0.5, 0.6) is 0 Å². The first kappa shape index (κ1) is 20.9. The molecule has 0 radical (unpaired) electrons. The number of halogens is 1. The monoisotopic (exact) mass is 399 g/mol. The Kier molecular flexibility index (Phi) is 6.90. The van der Waals surface area contributed by atoms with E-state index in [9.17, 15) is 14.0 Å². The number of carbonyl (C=O) groups excluding carboxylic acids is 2. The minimum Gasteiger partial charge on any atom is -0.346 e. The summed E-state index contributed by atoms with van der Waals surface area (Å²) in [5.41, 5.74) is 1.70. The Balaban J connectivity index is 1.62. The van der Waals surface area contributed by atoms with Gasteiger partial charge in [-0.2, -0.15) is 0 Å². The Bertz CT molecular complexity index is 853. The third-order valence-electron chi connectivity index (χ3n) is 5.14. The number of hydrogen-bond donors (Lipinski definition) is 2. The zero-order valence-electron chi connectivity index (χ0n) is 16.7. The molecule has 0 saturated carbocycles. The van der Waals surface area contributed by atoms with Gasteiger partial charge in [0.15, 0.2) is 0 Å². The van der Waals surface area contributed by atoms with Crippen molar-refractivity contribution in [2.45, 2.75) is 13.0 Å². The predicted molar refractivity (Wildman–Crippen MR) is 109 cm³/mol. The van der Waals surface area contributed by atoms with Crippen LogP contribution in [0.2, 0.25) is 0 Å². The van der Waals surface area contributed by atoms with Crippen molar-refractivity contribution in [3.05, 3.63) is 59.7 Å². The van der Waals surface area contributed by atoms with Crippen molar-refractivity contribution >= 4 is 17.5 Å². The zero-order chi connectivity index (χ0) is 20.8. The molecule has 1 fully saturated rings. The topological polar surface area (TPSA) is 77.6 Å². The number of aromatic nitrogens is 1. The molecule has 2 heterocycles. The first-order valence-corrected chi connectivity index (χ1v) is 9.62. The highest BCUT2D eigenvalue weighted by Crippen LogP contribution is 2.21. The highest BCUT2D eigenvalue weighted by molar-refractivity contribution is 6.39. The van der Waals surface area contributed by atoms with Crippen LogP contribution in [0.3, 0.4) is 0 Å². The maximum absolute atomic E-state index is 13.6. The zero-order valence-corrected chi connectivity index (χ0v) is 16.7. The van der Waals surface area contributed by atoms with E-state index in [-0.39, 0.29) is 18.3 Å². The number of aryl methyl sites for hydroxylation is 1. The van der Waals surface area contributed by atoms with Crippen LogP contribution in [-0.4, -0.2) is 66.4 Å². The summed E-state index contributed by atoms with van der Waals surface area (Å²) in [7, 11) is 2.08. The Morgan fingerprint density at radius 3 is 2.59 bits per heavy atom. The molecule has 0 spiro atoms. The summed E-state index contributed by atoms with van der Waals surface area (Å²) in [5.74, 6) is -2.01. The maximum atomic E-state index is 13.6. The van der Waals surface area contributed by atoms with Gasteiger partial charge in [0.1, 0.15) is 5.82 Å². The average molecular weight is 399 g/mol. The molecular formula is C21H26FN5O2. The van der Waals surface area contributed by atoms with E-state index in [4.69, 9.17) is 0 Å². The van der Waals surface area contributed by atoms with Crippen molar-refractivity contribution in [1.29, 1.82) is 0 Å². The molecule has 1 atom stereocenters. The molecule has 2 aromatic rings. The first-order valence-electron chi connectivity index (χ1n) is 9.62. The molecule has 0 bridgehead atoms. The number of rotatable bonds is 5. The van der Waals surface area contributed by atoms with Gasteiger partial charge < -0.3 is 15.5 Å². The van der Waals surface area contributed by atoms with Gasteiger partial charge in [0.2, 0.25) is 0 Å². The molecule has 0 unspecified atom stereocenters. The van der Waals surface area contributed by atoms with Crippen LogP contribution in [0, 0.1) is 12.7 Å². The van der Waals surface area contributed by atoms with Gasteiger partial charge in [-0.25, -0.2) is 4.39 Å². The normalized spacial score (nSPS) is 16.2. The van der Waals surface area contributed by atoms with E-state index in [1.807, 2.05) is 12.1 Å². The number of carbonyl (C=O) groups is 2. The first-order chi connectivity index (χ1) is 13.9. The van der Waals surface area contributed by atoms with Crippen molar-refractivity contribution in [1.82, 2.24) is 20.1 Å². The summed E-state index contributed by atoms with van der Waals surface area (Å²) in [5, 5.41) is 5.14. The molecule has 7 nitrogen and oxygen atoms in total. The van der Waals surface area contributed by atoms with Gasteiger partial charge in [0.05, 0.1) is 6.04 Å². The van der Waals surface area contributed by atoms with E-state index in [0.29, 0.717) is 5.56 Å². The lowest BCUT2D eigenvalue weighted by atomic mass is 10.1. The molecule has 8 heteroatoms. The van der Waals surface area contributed by atoms with Crippen LogP contribution in [0.1, 0.15) is 17.2 Å². The largest absolute Gasteiger partial charge is 0.346 e. The fraction of sp³-hybridized carbons (Fsp3) is 0.381. The lowest BCUT2D eigenvalue weighted by Crippen LogP contribution is -2.49. The van der Waals surface area contributed by atoms with Crippen LogP contribution in [-0.2, 0) is 9.59 Å². The highest BCUT2D eigenvalue weighted by Gasteiger charge is 2.25. The number of anilines is 1. The molecular weight excluding hydrogens is 373 g/mol. The SMILES string of the molecule is Cc1ccc(NC(=O)C(=O)NC[C@@H](c2cccnc2)N2CCN(C)CC2)cc1F. The van der Waals surface area contributed by atoms with Gasteiger partial charge >= 0.3 is 11.8 Å². The van der Waals surface area contributed by atoms with Gasteiger partial charge in [-0.05, 0) is 43.3 Å². The Morgan fingerprint density at radius 1 is 1.17 bits per heavy atom. The lowest BCUT2D eigenvalue weighted by Gasteiger charge is -2.38. The summed E-state index contributed by atoms with van der Waals surface area (Å²) >= 11 is 0. The molecule has 1 saturated heterocycles. The Morgan fingerprint density at radius 2 is 1.93 bits per heavy atom.